The molecule has 1 aromatic carbocycles. The van der Waals surface area contributed by atoms with Crippen LogP contribution in [-0.4, -0.2) is 29.2 Å². The van der Waals surface area contributed by atoms with Gasteiger partial charge in [0.05, 0.1) is 5.56 Å². The number of carbonyl (C=O) groups is 1. The molecule has 98 valence electrons. The van der Waals surface area contributed by atoms with Crippen molar-refractivity contribution < 1.29 is 15.0 Å². The van der Waals surface area contributed by atoms with Gasteiger partial charge in [0.1, 0.15) is 0 Å². The van der Waals surface area contributed by atoms with Crippen LogP contribution in [0, 0.1) is 5.41 Å². The highest BCUT2D eigenvalue weighted by Gasteiger charge is 2.41. The summed E-state index contributed by atoms with van der Waals surface area (Å²) in [7, 11) is 0. The van der Waals surface area contributed by atoms with E-state index in [4.69, 9.17) is 5.73 Å². The van der Waals surface area contributed by atoms with Gasteiger partial charge in [0.25, 0.3) is 5.91 Å². The largest absolute Gasteiger partial charge is 0.504 e. The molecular formula is C13H18N2O3. The lowest BCUT2D eigenvalue weighted by Gasteiger charge is -2.15. The minimum absolute atomic E-state index is 0.0959. The Labute approximate surface area is 106 Å². The van der Waals surface area contributed by atoms with Gasteiger partial charge in [-0.1, -0.05) is 6.07 Å². The molecule has 0 spiro atoms. The van der Waals surface area contributed by atoms with Crippen LogP contribution >= 0.6 is 0 Å². The summed E-state index contributed by atoms with van der Waals surface area (Å²) in [5.74, 6) is -1.03. The second kappa shape index (κ2) is 4.86. The maximum Gasteiger partial charge on any atom is 0.255 e. The number of phenolic OH excluding ortho intramolecular Hbond substituents is 2. The summed E-state index contributed by atoms with van der Waals surface area (Å²) in [5.41, 5.74) is 5.78. The van der Waals surface area contributed by atoms with E-state index in [9.17, 15) is 15.0 Å². The van der Waals surface area contributed by atoms with Crippen LogP contribution in [0.3, 0.4) is 0 Å². The Morgan fingerprint density at radius 3 is 2.72 bits per heavy atom. The molecule has 18 heavy (non-hydrogen) atoms. The number of para-hydroxylation sites is 1. The Morgan fingerprint density at radius 1 is 1.39 bits per heavy atom. The first-order valence-electron chi connectivity index (χ1n) is 6.07. The SMILES string of the molecule is NCCC1(CNC(=O)c2cccc(O)c2O)CC1. The molecule has 0 radical (unpaired) electrons. The average Bonchev–Trinajstić information content (AvgIpc) is 3.11. The third-order valence-electron chi connectivity index (χ3n) is 3.52. The van der Waals surface area contributed by atoms with Gasteiger partial charge in [-0.25, -0.2) is 0 Å². The molecule has 0 aliphatic heterocycles. The van der Waals surface area contributed by atoms with Crippen molar-refractivity contribution in [1.82, 2.24) is 5.32 Å². The second-order valence-corrected chi connectivity index (χ2v) is 4.89. The maximum atomic E-state index is 11.9. The summed E-state index contributed by atoms with van der Waals surface area (Å²) >= 11 is 0. The lowest BCUT2D eigenvalue weighted by molar-refractivity contribution is 0.0940. The predicted octanol–water partition coefficient (Wildman–Crippen LogP) is 0.957. The number of nitrogens with one attached hydrogen (secondary N) is 1. The summed E-state index contributed by atoms with van der Waals surface area (Å²) in [4.78, 5) is 11.9. The third kappa shape index (κ3) is 2.56. The quantitative estimate of drug-likeness (QED) is 0.585. The number of nitrogens with two attached hydrogens (primary N) is 1. The Balaban J connectivity index is 1.98. The Kier molecular flexibility index (Phi) is 3.43. The van der Waals surface area contributed by atoms with E-state index in [1.165, 1.54) is 18.2 Å². The van der Waals surface area contributed by atoms with Gasteiger partial charge >= 0.3 is 0 Å². The minimum atomic E-state index is -0.376. The van der Waals surface area contributed by atoms with Crippen LogP contribution in [-0.2, 0) is 0 Å². The van der Waals surface area contributed by atoms with Gasteiger partial charge in [0.2, 0.25) is 0 Å². The fourth-order valence-electron chi connectivity index (χ4n) is 2.08. The van der Waals surface area contributed by atoms with E-state index in [2.05, 4.69) is 5.32 Å². The lowest BCUT2D eigenvalue weighted by atomic mass is 10.0. The summed E-state index contributed by atoms with van der Waals surface area (Å²) < 4.78 is 0. The minimum Gasteiger partial charge on any atom is -0.504 e. The van der Waals surface area contributed by atoms with Crippen LogP contribution in [0.2, 0.25) is 0 Å². The molecule has 5 N–H and O–H groups in total. The lowest BCUT2D eigenvalue weighted by Crippen LogP contribution is -2.31. The molecule has 0 bridgehead atoms. The zero-order valence-corrected chi connectivity index (χ0v) is 10.1. The van der Waals surface area contributed by atoms with E-state index in [-0.39, 0.29) is 28.4 Å². The van der Waals surface area contributed by atoms with Crippen LogP contribution in [0.5, 0.6) is 11.5 Å². The van der Waals surface area contributed by atoms with E-state index in [1.54, 1.807) is 0 Å². The molecule has 0 saturated heterocycles. The van der Waals surface area contributed by atoms with E-state index in [1.807, 2.05) is 0 Å². The standard InChI is InChI=1S/C13H18N2O3/c14-7-6-13(4-5-13)8-15-12(18)9-2-1-3-10(16)11(9)17/h1-3,16-17H,4-8,14H2,(H,15,18). The van der Waals surface area contributed by atoms with Crippen LogP contribution < -0.4 is 11.1 Å². The molecule has 1 saturated carbocycles. The number of hydrogen-bond donors (Lipinski definition) is 4. The molecule has 1 fully saturated rings. The summed E-state index contributed by atoms with van der Waals surface area (Å²) in [5, 5.41) is 21.7. The molecule has 5 heteroatoms. The molecule has 5 nitrogen and oxygen atoms in total. The van der Waals surface area contributed by atoms with Gasteiger partial charge in [0, 0.05) is 6.54 Å². The van der Waals surface area contributed by atoms with Crippen LogP contribution in [0.15, 0.2) is 18.2 Å². The van der Waals surface area contributed by atoms with E-state index in [0.29, 0.717) is 13.1 Å². The molecule has 1 aromatic rings. The molecule has 0 heterocycles. The van der Waals surface area contributed by atoms with Crippen molar-refractivity contribution in [3.8, 4) is 11.5 Å². The fraction of sp³-hybridized carbons (Fsp3) is 0.462. The number of rotatable bonds is 5. The Morgan fingerprint density at radius 2 is 2.11 bits per heavy atom. The van der Waals surface area contributed by atoms with Crippen molar-refractivity contribution in [3.05, 3.63) is 23.8 Å². The summed E-state index contributed by atoms with van der Waals surface area (Å²) in [6.45, 7) is 1.19. The smallest absolute Gasteiger partial charge is 0.255 e. The zero-order chi connectivity index (χ0) is 13.2. The molecule has 0 atom stereocenters. The zero-order valence-electron chi connectivity index (χ0n) is 10.1. The van der Waals surface area contributed by atoms with Crippen molar-refractivity contribution in [2.75, 3.05) is 13.1 Å². The van der Waals surface area contributed by atoms with Crippen molar-refractivity contribution >= 4 is 5.91 Å². The Hall–Kier alpha value is -1.75. The molecule has 0 unspecified atom stereocenters. The van der Waals surface area contributed by atoms with Crippen molar-refractivity contribution in [3.63, 3.8) is 0 Å². The fourth-order valence-corrected chi connectivity index (χ4v) is 2.08. The topological polar surface area (TPSA) is 95.6 Å². The molecule has 1 amide bonds. The normalized spacial score (nSPS) is 16.3. The van der Waals surface area contributed by atoms with E-state index < -0.39 is 0 Å². The van der Waals surface area contributed by atoms with Crippen LogP contribution in [0.25, 0.3) is 0 Å². The summed E-state index contributed by atoms with van der Waals surface area (Å²) in [6.07, 6.45) is 3.06. The first-order valence-corrected chi connectivity index (χ1v) is 6.07. The van der Waals surface area contributed by atoms with Gasteiger partial charge in [-0.2, -0.15) is 0 Å². The van der Waals surface area contributed by atoms with E-state index in [0.717, 1.165) is 19.3 Å². The number of aromatic hydroxyl groups is 2. The highest BCUT2D eigenvalue weighted by molar-refractivity contribution is 5.97. The highest BCUT2D eigenvalue weighted by atomic mass is 16.3. The maximum absolute atomic E-state index is 11.9. The van der Waals surface area contributed by atoms with Crippen LogP contribution in [0.4, 0.5) is 0 Å². The first kappa shape index (κ1) is 12.7. The highest BCUT2D eigenvalue weighted by Crippen LogP contribution is 2.47. The molecule has 2 rings (SSSR count). The van der Waals surface area contributed by atoms with Crippen LogP contribution in [0.1, 0.15) is 29.6 Å². The molecule has 1 aliphatic rings. The third-order valence-corrected chi connectivity index (χ3v) is 3.52. The second-order valence-electron chi connectivity index (χ2n) is 4.89. The van der Waals surface area contributed by atoms with Gasteiger partial charge < -0.3 is 21.3 Å². The average molecular weight is 250 g/mol. The summed E-state index contributed by atoms with van der Waals surface area (Å²) in [6, 6.07) is 4.34. The molecule has 1 aliphatic carbocycles. The van der Waals surface area contributed by atoms with Gasteiger partial charge in [-0.3, -0.25) is 4.79 Å². The first-order chi connectivity index (χ1) is 8.58. The van der Waals surface area contributed by atoms with Gasteiger partial charge in [-0.15, -0.1) is 0 Å². The van der Waals surface area contributed by atoms with Crippen molar-refractivity contribution in [2.45, 2.75) is 19.3 Å². The van der Waals surface area contributed by atoms with Gasteiger partial charge in [0.15, 0.2) is 11.5 Å². The van der Waals surface area contributed by atoms with Crippen molar-refractivity contribution in [1.29, 1.82) is 0 Å². The number of amides is 1. The molecule has 0 aromatic heterocycles. The van der Waals surface area contributed by atoms with Crippen molar-refractivity contribution in [2.24, 2.45) is 11.1 Å². The van der Waals surface area contributed by atoms with Gasteiger partial charge in [-0.05, 0) is 43.4 Å². The predicted molar refractivity (Wildman–Crippen MR) is 67.4 cm³/mol. The monoisotopic (exact) mass is 250 g/mol. The number of carbonyl (C=O) groups excluding carboxylic acids is 1. The number of phenols is 2. The Bertz CT molecular complexity index is 456. The molecular weight excluding hydrogens is 232 g/mol. The number of hydrogen-bond acceptors (Lipinski definition) is 4. The number of benzene rings is 1. The van der Waals surface area contributed by atoms with E-state index >= 15 is 0 Å².